The molecule has 0 radical (unpaired) electrons. The number of carbonyl (C=O) groups is 1. The van der Waals surface area contributed by atoms with Gasteiger partial charge in [0.25, 0.3) is 0 Å². The van der Waals surface area contributed by atoms with Crippen molar-refractivity contribution in [3.05, 3.63) is 47.8 Å². The molecule has 0 spiro atoms. The number of hydrogen-bond donors (Lipinski definition) is 0. The molecule has 0 unspecified atom stereocenters. The van der Waals surface area contributed by atoms with Gasteiger partial charge in [0.15, 0.2) is 0 Å². The molecule has 0 aliphatic carbocycles. The molecule has 2 rings (SSSR count). The average molecular weight is 258 g/mol. The Morgan fingerprint density at radius 3 is 2.89 bits per heavy atom. The van der Waals surface area contributed by atoms with Crippen LogP contribution in [-0.4, -0.2) is 22.2 Å². The summed E-state index contributed by atoms with van der Waals surface area (Å²) in [5, 5.41) is 4.18. The van der Waals surface area contributed by atoms with Gasteiger partial charge in [-0.25, -0.2) is 0 Å². The second-order valence-corrected chi connectivity index (χ2v) is 4.23. The SMILES string of the molecule is CCCn1nccc1C(=O)c1cccc(OCC)c1. The van der Waals surface area contributed by atoms with Crippen LogP contribution in [0.1, 0.15) is 36.3 Å². The van der Waals surface area contributed by atoms with E-state index in [1.54, 1.807) is 29.1 Å². The molecule has 1 aromatic carbocycles. The van der Waals surface area contributed by atoms with E-state index in [0.717, 1.165) is 18.7 Å². The van der Waals surface area contributed by atoms with Gasteiger partial charge in [0.2, 0.25) is 5.78 Å². The Balaban J connectivity index is 2.28. The van der Waals surface area contributed by atoms with Crippen LogP contribution < -0.4 is 4.74 Å². The Hall–Kier alpha value is -2.10. The zero-order chi connectivity index (χ0) is 13.7. The first-order valence-corrected chi connectivity index (χ1v) is 6.55. The highest BCUT2D eigenvalue weighted by Crippen LogP contribution is 2.16. The van der Waals surface area contributed by atoms with Gasteiger partial charge < -0.3 is 4.74 Å². The first kappa shape index (κ1) is 13.3. The van der Waals surface area contributed by atoms with Crippen LogP contribution in [-0.2, 0) is 6.54 Å². The molecular formula is C15H18N2O2. The molecule has 0 aliphatic rings. The van der Waals surface area contributed by atoms with E-state index in [1.165, 1.54) is 0 Å². The summed E-state index contributed by atoms with van der Waals surface area (Å²) >= 11 is 0. The maximum atomic E-state index is 12.4. The molecular weight excluding hydrogens is 240 g/mol. The van der Waals surface area contributed by atoms with Gasteiger partial charge in [0, 0.05) is 18.3 Å². The predicted octanol–water partition coefficient (Wildman–Crippen LogP) is 2.92. The second-order valence-electron chi connectivity index (χ2n) is 4.23. The van der Waals surface area contributed by atoms with Crippen LogP contribution in [0.3, 0.4) is 0 Å². The van der Waals surface area contributed by atoms with Gasteiger partial charge >= 0.3 is 0 Å². The van der Waals surface area contributed by atoms with Crippen LogP contribution in [0, 0.1) is 0 Å². The van der Waals surface area contributed by atoms with Gasteiger partial charge in [-0.15, -0.1) is 0 Å². The van der Waals surface area contributed by atoms with E-state index in [-0.39, 0.29) is 5.78 Å². The molecule has 100 valence electrons. The molecule has 0 N–H and O–H groups in total. The first-order valence-electron chi connectivity index (χ1n) is 6.55. The van der Waals surface area contributed by atoms with Gasteiger partial charge in [-0.2, -0.15) is 5.10 Å². The van der Waals surface area contributed by atoms with Gasteiger partial charge in [0.05, 0.1) is 6.61 Å². The summed E-state index contributed by atoms with van der Waals surface area (Å²) in [6.07, 6.45) is 2.61. The number of aryl methyl sites for hydroxylation is 1. The number of benzene rings is 1. The van der Waals surface area contributed by atoms with Crippen molar-refractivity contribution in [2.45, 2.75) is 26.8 Å². The molecule has 19 heavy (non-hydrogen) atoms. The van der Waals surface area contributed by atoms with Crippen LogP contribution >= 0.6 is 0 Å². The first-order chi connectivity index (χ1) is 9.26. The van der Waals surface area contributed by atoms with Gasteiger partial charge in [0.1, 0.15) is 11.4 Å². The zero-order valence-corrected chi connectivity index (χ0v) is 11.3. The summed E-state index contributed by atoms with van der Waals surface area (Å²) in [4.78, 5) is 12.4. The summed E-state index contributed by atoms with van der Waals surface area (Å²) in [6.45, 7) is 5.32. The summed E-state index contributed by atoms with van der Waals surface area (Å²) in [6, 6.07) is 9.01. The lowest BCUT2D eigenvalue weighted by molar-refractivity contribution is 0.102. The fourth-order valence-corrected chi connectivity index (χ4v) is 1.96. The van der Waals surface area contributed by atoms with E-state index >= 15 is 0 Å². The van der Waals surface area contributed by atoms with E-state index in [0.29, 0.717) is 17.9 Å². The molecule has 4 heteroatoms. The summed E-state index contributed by atoms with van der Waals surface area (Å²) in [7, 11) is 0. The Bertz CT molecular complexity index is 561. The van der Waals surface area contributed by atoms with Crippen molar-refractivity contribution in [1.82, 2.24) is 9.78 Å². The quantitative estimate of drug-likeness (QED) is 0.748. The highest BCUT2D eigenvalue weighted by molar-refractivity contribution is 6.08. The Kier molecular flexibility index (Phi) is 4.34. The van der Waals surface area contributed by atoms with E-state index in [1.807, 2.05) is 19.1 Å². The van der Waals surface area contributed by atoms with E-state index in [4.69, 9.17) is 4.74 Å². The maximum absolute atomic E-state index is 12.4. The lowest BCUT2D eigenvalue weighted by atomic mass is 10.1. The van der Waals surface area contributed by atoms with Crippen molar-refractivity contribution < 1.29 is 9.53 Å². The van der Waals surface area contributed by atoms with Crippen LogP contribution in [0.2, 0.25) is 0 Å². The molecule has 0 fully saturated rings. The molecule has 0 atom stereocenters. The maximum Gasteiger partial charge on any atom is 0.211 e. The molecule has 0 amide bonds. The molecule has 0 saturated heterocycles. The topological polar surface area (TPSA) is 44.1 Å². The van der Waals surface area contributed by atoms with E-state index < -0.39 is 0 Å². The number of rotatable bonds is 6. The third-order valence-corrected chi connectivity index (χ3v) is 2.79. The fraction of sp³-hybridized carbons (Fsp3) is 0.333. The third-order valence-electron chi connectivity index (χ3n) is 2.79. The van der Waals surface area contributed by atoms with Crippen molar-refractivity contribution in [2.75, 3.05) is 6.61 Å². The van der Waals surface area contributed by atoms with E-state index in [2.05, 4.69) is 12.0 Å². The number of ketones is 1. The normalized spacial score (nSPS) is 10.4. The molecule has 0 bridgehead atoms. The second kappa shape index (κ2) is 6.18. The summed E-state index contributed by atoms with van der Waals surface area (Å²) in [5.74, 6) is 0.697. The van der Waals surface area contributed by atoms with Crippen LogP contribution in [0.25, 0.3) is 0 Å². The van der Waals surface area contributed by atoms with Crippen molar-refractivity contribution in [1.29, 1.82) is 0 Å². The summed E-state index contributed by atoms with van der Waals surface area (Å²) < 4.78 is 7.16. The number of carbonyl (C=O) groups excluding carboxylic acids is 1. The molecule has 0 aliphatic heterocycles. The van der Waals surface area contributed by atoms with Crippen LogP contribution in [0.4, 0.5) is 0 Å². The van der Waals surface area contributed by atoms with Crippen molar-refractivity contribution in [3.8, 4) is 5.75 Å². The molecule has 2 aromatic rings. The number of hydrogen-bond acceptors (Lipinski definition) is 3. The van der Waals surface area contributed by atoms with Crippen molar-refractivity contribution in [2.24, 2.45) is 0 Å². The van der Waals surface area contributed by atoms with Crippen molar-refractivity contribution in [3.63, 3.8) is 0 Å². The molecule has 0 saturated carbocycles. The van der Waals surface area contributed by atoms with E-state index in [9.17, 15) is 4.79 Å². The predicted molar refractivity (Wildman–Crippen MR) is 73.6 cm³/mol. The number of nitrogens with zero attached hydrogens (tertiary/aromatic N) is 2. The highest BCUT2D eigenvalue weighted by atomic mass is 16.5. The minimum Gasteiger partial charge on any atom is -0.494 e. The van der Waals surface area contributed by atoms with Gasteiger partial charge in [-0.1, -0.05) is 19.1 Å². The molecule has 4 nitrogen and oxygen atoms in total. The minimum atomic E-state index is -0.0208. The zero-order valence-electron chi connectivity index (χ0n) is 11.3. The lowest BCUT2D eigenvalue weighted by Crippen LogP contribution is -2.11. The van der Waals surface area contributed by atoms with Crippen molar-refractivity contribution >= 4 is 5.78 Å². The molecule has 1 heterocycles. The Morgan fingerprint density at radius 1 is 1.32 bits per heavy atom. The monoisotopic (exact) mass is 258 g/mol. The minimum absolute atomic E-state index is 0.0208. The lowest BCUT2D eigenvalue weighted by Gasteiger charge is -2.07. The largest absolute Gasteiger partial charge is 0.494 e. The standard InChI is InChI=1S/C15H18N2O2/c1-3-10-17-14(8-9-16-17)15(18)12-6-5-7-13(11-12)19-4-2/h5-9,11H,3-4,10H2,1-2H3. The fourth-order valence-electron chi connectivity index (χ4n) is 1.96. The highest BCUT2D eigenvalue weighted by Gasteiger charge is 2.14. The molecule has 1 aromatic heterocycles. The van der Waals surface area contributed by atoms with Gasteiger partial charge in [-0.3, -0.25) is 9.48 Å². The van der Waals surface area contributed by atoms with Crippen LogP contribution in [0.15, 0.2) is 36.5 Å². The smallest absolute Gasteiger partial charge is 0.211 e. The number of ether oxygens (including phenoxy) is 1. The number of aromatic nitrogens is 2. The Labute approximate surface area is 113 Å². The third kappa shape index (κ3) is 3.02. The van der Waals surface area contributed by atoms with Gasteiger partial charge in [-0.05, 0) is 31.5 Å². The average Bonchev–Trinajstić information content (AvgIpc) is 2.87. The van der Waals surface area contributed by atoms with Crippen LogP contribution in [0.5, 0.6) is 5.75 Å². The summed E-state index contributed by atoms with van der Waals surface area (Å²) in [5.41, 5.74) is 1.25. The Morgan fingerprint density at radius 2 is 2.16 bits per heavy atom.